The monoisotopic (exact) mass is 457 g/mol. The first kappa shape index (κ1) is 22.4. The van der Waals surface area contributed by atoms with Crippen LogP contribution < -0.4 is 5.32 Å². The average molecular weight is 458 g/mol. The van der Waals surface area contributed by atoms with Gasteiger partial charge in [-0.2, -0.15) is 0 Å². The van der Waals surface area contributed by atoms with Gasteiger partial charge in [0.2, 0.25) is 6.04 Å². The lowest BCUT2D eigenvalue weighted by atomic mass is 9.77. The Labute approximate surface area is 196 Å². The predicted octanol–water partition coefficient (Wildman–Crippen LogP) is 5.92. The van der Waals surface area contributed by atoms with Gasteiger partial charge in [0.1, 0.15) is 5.54 Å². The summed E-state index contributed by atoms with van der Waals surface area (Å²) >= 11 is 1.31. The number of esters is 1. The van der Waals surface area contributed by atoms with Crippen molar-refractivity contribution in [3.63, 3.8) is 0 Å². The van der Waals surface area contributed by atoms with Crippen molar-refractivity contribution in [3.05, 3.63) is 124 Å². The Morgan fingerprint density at radius 1 is 0.939 bits per heavy atom. The van der Waals surface area contributed by atoms with Gasteiger partial charge in [-0.15, -0.1) is 16.2 Å². The molecule has 1 aromatic heterocycles. The van der Waals surface area contributed by atoms with Crippen molar-refractivity contribution in [3.8, 4) is 0 Å². The van der Waals surface area contributed by atoms with Crippen LogP contribution in [0.2, 0.25) is 0 Å². The third kappa shape index (κ3) is 4.54. The number of carbonyl (C=O) groups is 1. The van der Waals surface area contributed by atoms with Gasteiger partial charge in [0.15, 0.2) is 5.13 Å². The smallest absolute Gasteiger partial charge is 0.340 e. The molecule has 0 radical (unpaired) electrons. The van der Waals surface area contributed by atoms with E-state index >= 15 is 0 Å². The molecule has 1 N–H and O–H groups in total. The number of thiazole rings is 1. The van der Waals surface area contributed by atoms with Gasteiger partial charge in [0.25, 0.3) is 0 Å². The maximum atomic E-state index is 12.2. The van der Waals surface area contributed by atoms with Crippen molar-refractivity contribution in [2.45, 2.75) is 18.5 Å². The van der Waals surface area contributed by atoms with E-state index in [-0.39, 0.29) is 12.3 Å². The number of ether oxygens (including phenoxy) is 1. The molecule has 1 heterocycles. The van der Waals surface area contributed by atoms with Crippen LogP contribution in [-0.4, -0.2) is 17.6 Å². The Bertz CT molecular complexity index is 1100. The van der Waals surface area contributed by atoms with E-state index < -0.39 is 17.6 Å². The molecule has 0 aliphatic heterocycles. The van der Waals surface area contributed by atoms with Gasteiger partial charge in [-0.3, -0.25) is 0 Å². The fourth-order valence-corrected chi connectivity index (χ4v) is 4.63. The number of anilines is 1. The van der Waals surface area contributed by atoms with Gasteiger partial charge in [-0.05, 0) is 28.8 Å². The van der Waals surface area contributed by atoms with Gasteiger partial charge in [0.05, 0.1) is 12.3 Å². The maximum Gasteiger partial charge on any atom is 0.340 e. The van der Waals surface area contributed by atoms with Crippen LogP contribution in [0.1, 0.15) is 35.3 Å². The summed E-state index contributed by atoms with van der Waals surface area (Å²) in [6.45, 7) is 1.85. The zero-order chi connectivity index (χ0) is 23.1. The minimum Gasteiger partial charge on any atom is -0.464 e. The van der Waals surface area contributed by atoms with Crippen molar-refractivity contribution in [1.29, 1.82) is 0 Å². The fraction of sp³-hybridized carbons (Fsp3) is 0.154. The normalized spacial score (nSPS) is 12.0. The molecule has 0 bridgehead atoms. The van der Waals surface area contributed by atoms with Crippen LogP contribution in [0, 0.1) is 4.91 Å². The van der Waals surface area contributed by atoms with E-state index in [0.717, 1.165) is 16.7 Å². The Balaban J connectivity index is 1.84. The summed E-state index contributed by atoms with van der Waals surface area (Å²) in [6, 6.07) is 29.0. The molecule has 0 saturated heterocycles. The first-order chi connectivity index (χ1) is 16.2. The standard InChI is InChI=1S/C26H23N3O3S/c1-2-32-24(30)23(29-31)22-18-33-25(27-22)28-26(19-12-6-3-7-13-19,20-14-8-4-9-15-20)21-16-10-5-11-17-21/h3-18,23H,2H2,1H3,(H,27,28). The molecule has 6 nitrogen and oxygen atoms in total. The van der Waals surface area contributed by atoms with Crippen LogP contribution in [-0.2, 0) is 15.1 Å². The molecule has 3 aromatic carbocycles. The quantitative estimate of drug-likeness (QED) is 0.192. The fourth-order valence-electron chi connectivity index (χ4n) is 3.85. The van der Waals surface area contributed by atoms with Crippen LogP contribution in [0.4, 0.5) is 5.13 Å². The molecule has 0 amide bonds. The first-order valence-corrected chi connectivity index (χ1v) is 11.5. The number of hydrogen-bond acceptors (Lipinski definition) is 7. The second-order valence-corrected chi connectivity index (χ2v) is 8.17. The summed E-state index contributed by atoms with van der Waals surface area (Å²) in [6.07, 6.45) is 0. The van der Waals surface area contributed by atoms with Crippen LogP contribution in [0.25, 0.3) is 0 Å². The molecule has 0 spiro atoms. The highest BCUT2D eigenvalue weighted by Gasteiger charge is 2.37. The molecule has 33 heavy (non-hydrogen) atoms. The van der Waals surface area contributed by atoms with Gasteiger partial charge >= 0.3 is 5.97 Å². The lowest BCUT2D eigenvalue weighted by molar-refractivity contribution is -0.144. The molecular weight excluding hydrogens is 434 g/mol. The molecule has 166 valence electrons. The Morgan fingerprint density at radius 3 is 1.85 bits per heavy atom. The lowest BCUT2D eigenvalue weighted by Crippen LogP contribution is -2.38. The molecule has 4 aromatic rings. The molecule has 0 saturated carbocycles. The Morgan fingerprint density at radius 2 is 1.42 bits per heavy atom. The summed E-state index contributed by atoms with van der Waals surface area (Å²) in [5, 5.41) is 8.80. The highest BCUT2D eigenvalue weighted by Crippen LogP contribution is 2.41. The second kappa shape index (κ2) is 10.2. The predicted molar refractivity (Wildman–Crippen MR) is 130 cm³/mol. The van der Waals surface area contributed by atoms with E-state index in [1.165, 1.54) is 11.3 Å². The summed E-state index contributed by atoms with van der Waals surface area (Å²) in [5.41, 5.74) is 2.57. The molecule has 4 rings (SSSR count). The lowest BCUT2D eigenvalue weighted by Gasteiger charge is -2.36. The highest BCUT2D eigenvalue weighted by atomic mass is 32.1. The van der Waals surface area contributed by atoms with E-state index in [9.17, 15) is 9.70 Å². The summed E-state index contributed by atoms with van der Waals surface area (Å²) < 4.78 is 4.98. The van der Waals surface area contributed by atoms with Gasteiger partial charge in [0, 0.05) is 5.38 Å². The van der Waals surface area contributed by atoms with Crippen LogP contribution in [0.3, 0.4) is 0 Å². The molecular formula is C26H23N3O3S. The van der Waals surface area contributed by atoms with Crippen molar-refractivity contribution in [2.24, 2.45) is 5.18 Å². The van der Waals surface area contributed by atoms with E-state index in [2.05, 4.69) is 51.9 Å². The maximum absolute atomic E-state index is 12.2. The third-order valence-corrected chi connectivity index (χ3v) is 6.11. The highest BCUT2D eigenvalue weighted by molar-refractivity contribution is 7.13. The topological polar surface area (TPSA) is 80.6 Å². The molecule has 7 heteroatoms. The zero-order valence-electron chi connectivity index (χ0n) is 18.0. The molecule has 0 aliphatic carbocycles. The average Bonchev–Trinajstić information content (AvgIpc) is 3.33. The van der Waals surface area contributed by atoms with Crippen LogP contribution in [0.5, 0.6) is 0 Å². The third-order valence-electron chi connectivity index (χ3n) is 5.33. The summed E-state index contributed by atoms with van der Waals surface area (Å²) in [7, 11) is 0. The molecule has 1 atom stereocenters. The SMILES string of the molecule is CCOC(=O)C(N=O)c1csc(NC(c2ccccc2)(c2ccccc2)c2ccccc2)n1. The minimum atomic E-state index is -1.30. The summed E-state index contributed by atoms with van der Waals surface area (Å²) in [5.74, 6) is -0.704. The van der Waals surface area contributed by atoms with Gasteiger partial charge in [-0.25, -0.2) is 9.78 Å². The van der Waals surface area contributed by atoms with E-state index in [1.54, 1.807) is 12.3 Å². The largest absolute Gasteiger partial charge is 0.464 e. The van der Waals surface area contributed by atoms with Gasteiger partial charge < -0.3 is 10.1 Å². The van der Waals surface area contributed by atoms with Crippen molar-refractivity contribution >= 4 is 22.4 Å². The number of benzene rings is 3. The number of nitrogens with zero attached hydrogens (tertiary/aromatic N) is 2. The van der Waals surface area contributed by atoms with Gasteiger partial charge in [-0.1, -0.05) is 91.0 Å². The number of aromatic nitrogens is 1. The zero-order valence-corrected chi connectivity index (χ0v) is 18.9. The van der Waals surface area contributed by atoms with Crippen molar-refractivity contribution in [2.75, 3.05) is 11.9 Å². The number of nitroso groups, excluding NO2 is 1. The molecule has 0 fully saturated rings. The first-order valence-electron chi connectivity index (χ1n) is 10.6. The number of nitrogens with one attached hydrogen (secondary N) is 1. The van der Waals surface area contributed by atoms with Crippen molar-refractivity contribution in [1.82, 2.24) is 4.98 Å². The number of carbonyl (C=O) groups excluding carboxylic acids is 1. The van der Waals surface area contributed by atoms with E-state index in [0.29, 0.717) is 5.13 Å². The Kier molecular flexibility index (Phi) is 6.90. The van der Waals surface area contributed by atoms with E-state index in [1.807, 2.05) is 54.6 Å². The minimum absolute atomic E-state index is 0.166. The van der Waals surface area contributed by atoms with Crippen molar-refractivity contribution < 1.29 is 9.53 Å². The Hall–Kier alpha value is -3.84. The number of hydrogen-bond donors (Lipinski definition) is 1. The van der Waals surface area contributed by atoms with Crippen LogP contribution >= 0.6 is 11.3 Å². The molecule has 1 unspecified atom stereocenters. The second-order valence-electron chi connectivity index (χ2n) is 7.31. The number of rotatable bonds is 9. The summed E-state index contributed by atoms with van der Waals surface area (Å²) in [4.78, 5) is 28.1. The van der Waals surface area contributed by atoms with E-state index in [4.69, 9.17) is 4.74 Å². The van der Waals surface area contributed by atoms with Crippen LogP contribution in [0.15, 0.2) is 102 Å². The molecule has 0 aliphatic rings.